The fourth-order valence-electron chi connectivity index (χ4n) is 3.03. The SMILES string of the molecule is c1cc(NC2CCc3ccccc32)cc(-c2cnco2)c1. The molecule has 104 valence electrons. The molecular weight excluding hydrogens is 260 g/mol. The molecule has 3 nitrogen and oxygen atoms in total. The van der Waals surface area contributed by atoms with Gasteiger partial charge in [-0.2, -0.15) is 0 Å². The number of aromatic nitrogens is 1. The Morgan fingerprint density at radius 2 is 2.05 bits per heavy atom. The summed E-state index contributed by atoms with van der Waals surface area (Å²) < 4.78 is 5.36. The first-order chi connectivity index (χ1) is 10.4. The van der Waals surface area contributed by atoms with Crippen molar-refractivity contribution in [3.8, 4) is 11.3 Å². The third-order valence-electron chi connectivity index (χ3n) is 4.05. The Balaban J connectivity index is 1.60. The zero-order chi connectivity index (χ0) is 14.1. The van der Waals surface area contributed by atoms with E-state index >= 15 is 0 Å². The molecule has 0 bridgehead atoms. The number of nitrogens with zero attached hydrogens (tertiary/aromatic N) is 1. The average molecular weight is 276 g/mol. The quantitative estimate of drug-likeness (QED) is 0.768. The number of rotatable bonds is 3. The number of aryl methyl sites for hydroxylation is 1. The van der Waals surface area contributed by atoms with Crippen molar-refractivity contribution in [1.29, 1.82) is 0 Å². The van der Waals surface area contributed by atoms with Gasteiger partial charge in [-0.3, -0.25) is 0 Å². The summed E-state index contributed by atoms with van der Waals surface area (Å²) in [6.07, 6.45) is 5.49. The van der Waals surface area contributed by atoms with Gasteiger partial charge in [0.1, 0.15) is 0 Å². The van der Waals surface area contributed by atoms with E-state index in [9.17, 15) is 0 Å². The molecule has 0 spiro atoms. The smallest absolute Gasteiger partial charge is 0.181 e. The monoisotopic (exact) mass is 276 g/mol. The normalized spacial score (nSPS) is 16.7. The molecule has 0 fully saturated rings. The summed E-state index contributed by atoms with van der Waals surface area (Å²) in [6.45, 7) is 0. The van der Waals surface area contributed by atoms with Gasteiger partial charge in [0.2, 0.25) is 0 Å². The molecule has 0 aliphatic heterocycles. The Kier molecular flexibility index (Phi) is 2.96. The number of nitrogens with one attached hydrogen (secondary N) is 1. The highest BCUT2D eigenvalue weighted by Crippen LogP contribution is 2.34. The molecule has 1 heterocycles. The molecule has 0 saturated heterocycles. The zero-order valence-corrected chi connectivity index (χ0v) is 11.6. The van der Waals surface area contributed by atoms with Gasteiger partial charge >= 0.3 is 0 Å². The predicted molar refractivity (Wildman–Crippen MR) is 83.1 cm³/mol. The Bertz CT molecular complexity index is 749. The van der Waals surface area contributed by atoms with Gasteiger partial charge in [0.15, 0.2) is 12.2 Å². The number of fused-ring (bicyclic) bond motifs is 1. The molecule has 1 aliphatic rings. The highest BCUT2D eigenvalue weighted by atomic mass is 16.3. The van der Waals surface area contributed by atoms with E-state index in [0.717, 1.165) is 29.9 Å². The standard InChI is InChI=1S/C18H16N2O/c1-2-7-16-13(4-1)8-9-17(16)20-15-6-3-5-14(10-15)18-11-19-12-21-18/h1-7,10-12,17,20H,8-9H2. The van der Waals surface area contributed by atoms with Gasteiger partial charge in [-0.25, -0.2) is 4.98 Å². The van der Waals surface area contributed by atoms with Crippen molar-refractivity contribution in [2.24, 2.45) is 0 Å². The van der Waals surface area contributed by atoms with E-state index in [1.165, 1.54) is 17.5 Å². The minimum Gasteiger partial charge on any atom is -0.444 e. The van der Waals surface area contributed by atoms with Crippen LogP contribution in [0.4, 0.5) is 5.69 Å². The van der Waals surface area contributed by atoms with Gasteiger partial charge in [0.25, 0.3) is 0 Å². The highest BCUT2D eigenvalue weighted by molar-refractivity contribution is 5.63. The Labute approximate surface area is 123 Å². The number of oxazole rings is 1. The molecular formula is C18H16N2O. The Morgan fingerprint density at radius 3 is 2.95 bits per heavy atom. The van der Waals surface area contributed by atoms with Crippen LogP contribution in [0.1, 0.15) is 23.6 Å². The second kappa shape index (κ2) is 5.09. The van der Waals surface area contributed by atoms with Crippen molar-refractivity contribution in [3.05, 3.63) is 72.2 Å². The maximum absolute atomic E-state index is 5.36. The maximum atomic E-state index is 5.36. The highest BCUT2D eigenvalue weighted by Gasteiger charge is 2.21. The summed E-state index contributed by atoms with van der Waals surface area (Å²) >= 11 is 0. The van der Waals surface area contributed by atoms with Crippen LogP contribution >= 0.6 is 0 Å². The summed E-state index contributed by atoms with van der Waals surface area (Å²) in [5.41, 5.74) is 5.04. The van der Waals surface area contributed by atoms with Gasteiger partial charge in [0, 0.05) is 11.3 Å². The van der Waals surface area contributed by atoms with Gasteiger partial charge in [-0.05, 0) is 36.1 Å². The maximum Gasteiger partial charge on any atom is 0.181 e. The first-order valence-corrected chi connectivity index (χ1v) is 7.23. The average Bonchev–Trinajstić information content (AvgIpc) is 3.18. The first-order valence-electron chi connectivity index (χ1n) is 7.23. The van der Waals surface area contributed by atoms with E-state index in [-0.39, 0.29) is 0 Å². The number of anilines is 1. The lowest BCUT2D eigenvalue weighted by molar-refractivity contribution is 0.572. The second-order valence-electron chi connectivity index (χ2n) is 5.38. The minimum absolute atomic E-state index is 0.395. The lowest BCUT2D eigenvalue weighted by atomic mass is 10.1. The molecule has 1 atom stereocenters. The van der Waals surface area contributed by atoms with Crippen LogP contribution in [0.2, 0.25) is 0 Å². The summed E-state index contributed by atoms with van der Waals surface area (Å²) in [7, 11) is 0. The Morgan fingerprint density at radius 1 is 1.10 bits per heavy atom. The summed E-state index contributed by atoms with van der Waals surface area (Å²) in [5.74, 6) is 0.797. The molecule has 1 N–H and O–H groups in total. The molecule has 21 heavy (non-hydrogen) atoms. The van der Waals surface area contributed by atoms with Crippen LogP contribution in [0, 0.1) is 0 Å². The van der Waals surface area contributed by atoms with E-state index in [0.29, 0.717) is 6.04 Å². The van der Waals surface area contributed by atoms with E-state index < -0.39 is 0 Å². The zero-order valence-electron chi connectivity index (χ0n) is 11.6. The second-order valence-corrected chi connectivity index (χ2v) is 5.38. The molecule has 1 aliphatic carbocycles. The van der Waals surface area contributed by atoms with Crippen LogP contribution < -0.4 is 5.32 Å². The minimum atomic E-state index is 0.395. The topological polar surface area (TPSA) is 38.1 Å². The third-order valence-corrected chi connectivity index (χ3v) is 4.05. The molecule has 3 aromatic rings. The van der Waals surface area contributed by atoms with Crippen LogP contribution in [0.15, 0.2) is 65.5 Å². The van der Waals surface area contributed by atoms with Crippen molar-refractivity contribution >= 4 is 5.69 Å². The fraction of sp³-hybridized carbons (Fsp3) is 0.167. The number of hydrogen-bond donors (Lipinski definition) is 1. The van der Waals surface area contributed by atoms with Crippen molar-refractivity contribution in [1.82, 2.24) is 4.98 Å². The molecule has 0 radical (unpaired) electrons. The molecule has 2 aromatic carbocycles. The summed E-state index contributed by atoms with van der Waals surface area (Å²) in [4.78, 5) is 3.97. The third kappa shape index (κ3) is 2.31. The van der Waals surface area contributed by atoms with Crippen molar-refractivity contribution in [3.63, 3.8) is 0 Å². The number of benzene rings is 2. The Hall–Kier alpha value is -2.55. The first kappa shape index (κ1) is 12.2. The molecule has 4 rings (SSSR count). The van der Waals surface area contributed by atoms with Crippen LogP contribution in [0.3, 0.4) is 0 Å². The van der Waals surface area contributed by atoms with Crippen molar-refractivity contribution in [2.45, 2.75) is 18.9 Å². The largest absolute Gasteiger partial charge is 0.444 e. The van der Waals surface area contributed by atoms with Crippen LogP contribution in [-0.4, -0.2) is 4.98 Å². The van der Waals surface area contributed by atoms with Crippen molar-refractivity contribution in [2.75, 3.05) is 5.32 Å². The summed E-state index contributed by atoms with van der Waals surface area (Å²) in [6, 6.07) is 17.4. The fourth-order valence-corrected chi connectivity index (χ4v) is 3.03. The van der Waals surface area contributed by atoms with Gasteiger partial charge in [0.05, 0.1) is 12.2 Å². The van der Waals surface area contributed by atoms with Gasteiger partial charge < -0.3 is 9.73 Å². The summed E-state index contributed by atoms with van der Waals surface area (Å²) in [5, 5.41) is 3.64. The lowest BCUT2D eigenvalue weighted by Crippen LogP contribution is -2.06. The molecule has 1 unspecified atom stereocenters. The van der Waals surface area contributed by atoms with E-state index in [2.05, 4.69) is 46.7 Å². The van der Waals surface area contributed by atoms with Crippen LogP contribution in [0.5, 0.6) is 0 Å². The van der Waals surface area contributed by atoms with Crippen LogP contribution in [-0.2, 0) is 6.42 Å². The lowest BCUT2D eigenvalue weighted by Gasteiger charge is -2.16. The van der Waals surface area contributed by atoms with Gasteiger partial charge in [-0.1, -0.05) is 36.4 Å². The predicted octanol–water partition coefficient (Wildman–Crippen LogP) is 4.44. The van der Waals surface area contributed by atoms with E-state index in [4.69, 9.17) is 4.42 Å². The molecule has 1 aromatic heterocycles. The molecule has 3 heteroatoms. The number of hydrogen-bond acceptors (Lipinski definition) is 3. The molecule has 0 saturated carbocycles. The van der Waals surface area contributed by atoms with Crippen molar-refractivity contribution < 1.29 is 4.42 Å². The van der Waals surface area contributed by atoms with E-state index in [1.54, 1.807) is 6.20 Å². The van der Waals surface area contributed by atoms with Crippen LogP contribution in [0.25, 0.3) is 11.3 Å². The van der Waals surface area contributed by atoms with E-state index in [1.807, 2.05) is 12.1 Å². The van der Waals surface area contributed by atoms with Gasteiger partial charge in [-0.15, -0.1) is 0 Å². The molecule has 0 amide bonds.